The highest BCUT2D eigenvalue weighted by Crippen LogP contribution is 2.33. The van der Waals surface area contributed by atoms with Gasteiger partial charge in [0.05, 0.1) is 26.0 Å². The zero-order chi connectivity index (χ0) is 15.9. The fraction of sp³-hybridized carbons (Fsp3) is 0.200. The second kappa shape index (κ2) is 5.10. The molecule has 7 heteroatoms. The maximum Gasteiger partial charge on any atom is 0.257 e. The summed E-state index contributed by atoms with van der Waals surface area (Å²) in [6, 6.07) is 5.38. The highest BCUT2D eigenvalue weighted by molar-refractivity contribution is 5.78. The molecule has 3 rings (SSSR count). The molecular weight excluding hydrogens is 286 g/mol. The Kier molecular flexibility index (Phi) is 3.25. The Labute approximate surface area is 125 Å². The predicted octanol–water partition coefficient (Wildman–Crippen LogP) is 1.72. The van der Waals surface area contributed by atoms with E-state index in [0.29, 0.717) is 22.7 Å². The summed E-state index contributed by atoms with van der Waals surface area (Å²) in [5, 5.41) is 14.1. The minimum absolute atomic E-state index is 0.175. The van der Waals surface area contributed by atoms with Crippen LogP contribution in [0, 0.1) is 6.92 Å². The standard InChI is InChI=1S/C15H15N3O4/c1-8-14(19)17-13-10(7-16-18(13)15(8)20)9-4-5-11(21-2)12(6-9)22-3/h4-7,20H,1-3H3,(H,17,19). The van der Waals surface area contributed by atoms with Crippen LogP contribution in [0.4, 0.5) is 0 Å². The Bertz CT molecular complexity index is 911. The fourth-order valence-corrected chi connectivity index (χ4v) is 2.31. The quantitative estimate of drug-likeness (QED) is 0.769. The maximum atomic E-state index is 11.9. The Morgan fingerprint density at radius 2 is 1.95 bits per heavy atom. The molecule has 0 atom stereocenters. The first-order valence-electron chi connectivity index (χ1n) is 6.58. The number of H-pyrrole nitrogens is 1. The third-order valence-electron chi connectivity index (χ3n) is 3.57. The minimum atomic E-state index is -0.354. The molecule has 114 valence electrons. The minimum Gasteiger partial charge on any atom is -0.493 e. The highest BCUT2D eigenvalue weighted by atomic mass is 16.5. The number of aromatic nitrogens is 3. The number of hydrogen-bond donors (Lipinski definition) is 2. The summed E-state index contributed by atoms with van der Waals surface area (Å²) < 4.78 is 11.8. The molecule has 2 N–H and O–H groups in total. The molecule has 22 heavy (non-hydrogen) atoms. The van der Waals surface area contributed by atoms with Gasteiger partial charge in [-0.15, -0.1) is 0 Å². The van der Waals surface area contributed by atoms with E-state index in [1.807, 2.05) is 6.07 Å². The fourth-order valence-electron chi connectivity index (χ4n) is 2.31. The number of aromatic hydroxyl groups is 1. The van der Waals surface area contributed by atoms with E-state index in [1.54, 1.807) is 32.5 Å². The van der Waals surface area contributed by atoms with Crippen molar-refractivity contribution in [3.8, 4) is 28.5 Å². The van der Waals surface area contributed by atoms with E-state index in [4.69, 9.17) is 9.47 Å². The van der Waals surface area contributed by atoms with E-state index >= 15 is 0 Å². The number of ether oxygens (including phenoxy) is 2. The van der Waals surface area contributed by atoms with E-state index in [1.165, 1.54) is 11.4 Å². The third-order valence-corrected chi connectivity index (χ3v) is 3.57. The number of nitrogens with zero attached hydrogens (tertiary/aromatic N) is 2. The zero-order valence-electron chi connectivity index (χ0n) is 12.4. The van der Waals surface area contributed by atoms with Gasteiger partial charge in [0, 0.05) is 5.56 Å². The molecule has 0 amide bonds. The van der Waals surface area contributed by atoms with E-state index in [2.05, 4.69) is 10.1 Å². The van der Waals surface area contributed by atoms with Crippen LogP contribution in [0.25, 0.3) is 16.8 Å². The molecule has 3 aromatic rings. The number of hydrogen-bond acceptors (Lipinski definition) is 5. The average molecular weight is 301 g/mol. The summed E-state index contributed by atoms with van der Waals surface area (Å²) >= 11 is 0. The van der Waals surface area contributed by atoms with Crippen molar-refractivity contribution in [2.75, 3.05) is 14.2 Å². The summed E-state index contributed by atoms with van der Waals surface area (Å²) in [6.45, 7) is 1.53. The third kappa shape index (κ3) is 1.98. The number of rotatable bonds is 3. The summed E-state index contributed by atoms with van der Waals surface area (Å²) in [5.41, 5.74) is 1.74. The molecule has 0 spiro atoms. The van der Waals surface area contributed by atoms with Crippen LogP contribution >= 0.6 is 0 Å². The number of aromatic amines is 1. The predicted molar refractivity (Wildman–Crippen MR) is 80.8 cm³/mol. The monoisotopic (exact) mass is 301 g/mol. The summed E-state index contributed by atoms with van der Waals surface area (Å²) in [7, 11) is 3.11. The average Bonchev–Trinajstić information content (AvgIpc) is 2.95. The Morgan fingerprint density at radius 3 is 2.64 bits per heavy atom. The van der Waals surface area contributed by atoms with Crippen LogP contribution in [0.3, 0.4) is 0 Å². The van der Waals surface area contributed by atoms with Gasteiger partial charge in [-0.25, -0.2) is 0 Å². The molecular formula is C15H15N3O4. The van der Waals surface area contributed by atoms with Crippen LogP contribution in [0.1, 0.15) is 5.56 Å². The zero-order valence-corrected chi connectivity index (χ0v) is 12.4. The van der Waals surface area contributed by atoms with E-state index in [-0.39, 0.29) is 17.0 Å². The lowest BCUT2D eigenvalue weighted by atomic mass is 10.1. The highest BCUT2D eigenvalue weighted by Gasteiger charge is 2.15. The van der Waals surface area contributed by atoms with E-state index in [9.17, 15) is 9.90 Å². The van der Waals surface area contributed by atoms with E-state index < -0.39 is 0 Å². The molecule has 0 saturated carbocycles. The van der Waals surface area contributed by atoms with E-state index in [0.717, 1.165) is 5.56 Å². The van der Waals surface area contributed by atoms with Crippen LogP contribution in [0.15, 0.2) is 29.2 Å². The summed E-state index contributed by atoms with van der Waals surface area (Å²) in [5.74, 6) is 0.999. The molecule has 0 aliphatic carbocycles. The van der Waals surface area contributed by atoms with Gasteiger partial charge in [-0.2, -0.15) is 9.61 Å². The van der Waals surface area contributed by atoms with Crippen molar-refractivity contribution >= 4 is 5.65 Å². The van der Waals surface area contributed by atoms with Crippen molar-refractivity contribution in [3.05, 3.63) is 40.3 Å². The van der Waals surface area contributed by atoms with Crippen LogP contribution in [0.2, 0.25) is 0 Å². The van der Waals surface area contributed by atoms with Crippen molar-refractivity contribution in [1.82, 2.24) is 14.6 Å². The Morgan fingerprint density at radius 1 is 1.23 bits per heavy atom. The van der Waals surface area contributed by atoms with Gasteiger partial charge in [-0.1, -0.05) is 6.07 Å². The van der Waals surface area contributed by atoms with Gasteiger partial charge in [0.15, 0.2) is 11.5 Å². The lowest BCUT2D eigenvalue weighted by molar-refractivity contribution is 0.355. The first kappa shape index (κ1) is 14.0. The first-order chi connectivity index (χ1) is 10.6. The lowest BCUT2D eigenvalue weighted by Crippen LogP contribution is -2.12. The molecule has 0 saturated heterocycles. The molecule has 2 aromatic heterocycles. The Balaban J connectivity index is 2.25. The molecule has 0 unspecified atom stereocenters. The van der Waals surface area contributed by atoms with Crippen LogP contribution in [0.5, 0.6) is 17.4 Å². The molecule has 7 nitrogen and oxygen atoms in total. The van der Waals surface area contributed by atoms with Crippen molar-refractivity contribution in [3.63, 3.8) is 0 Å². The van der Waals surface area contributed by atoms with Crippen molar-refractivity contribution < 1.29 is 14.6 Å². The maximum absolute atomic E-state index is 11.9. The second-order valence-corrected chi connectivity index (χ2v) is 4.79. The molecule has 2 heterocycles. The number of benzene rings is 1. The van der Waals surface area contributed by atoms with Gasteiger partial charge < -0.3 is 19.6 Å². The molecule has 0 radical (unpaired) electrons. The van der Waals surface area contributed by atoms with Crippen LogP contribution in [-0.2, 0) is 0 Å². The number of methoxy groups -OCH3 is 2. The topological polar surface area (TPSA) is 88.9 Å². The second-order valence-electron chi connectivity index (χ2n) is 4.79. The molecule has 0 fully saturated rings. The van der Waals surface area contributed by atoms with Gasteiger partial charge >= 0.3 is 0 Å². The van der Waals surface area contributed by atoms with Gasteiger partial charge in [0.25, 0.3) is 5.56 Å². The van der Waals surface area contributed by atoms with Gasteiger partial charge in [-0.05, 0) is 24.6 Å². The first-order valence-corrected chi connectivity index (χ1v) is 6.58. The van der Waals surface area contributed by atoms with Crippen LogP contribution in [-0.4, -0.2) is 33.9 Å². The smallest absolute Gasteiger partial charge is 0.257 e. The SMILES string of the molecule is COc1ccc(-c2cnn3c(O)c(C)c(=O)[nH]c23)cc1OC. The summed E-state index contributed by atoms with van der Waals surface area (Å²) in [6.07, 6.45) is 1.58. The summed E-state index contributed by atoms with van der Waals surface area (Å²) in [4.78, 5) is 14.6. The lowest BCUT2D eigenvalue weighted by Gasteiger charge is -2.09. The normalized spacial score (nSPS) is 10.9. The number of fused-ring (bicyclic) bond motifs is 1. The Hall–Kier alpha value is -2.96. The molecule has 0 aliphatic heterocycles. The van der Waals surface area contributed by atoms with Crippen molar-refractivity contribution in [2.24, 2.45) is 0 Å². The molecule has 0 bridgehead atoms. The van der Waals surface area contributed by atoms with Gasteiger partial charge in [0.1, 0.15) is 5.65 Å². The molecule has 0 aliphatic rings. The largest absolute Gasteiger partial charge is 0.493 e. The van der Waals surface area contributed by atoms with Crippen LogP contribution < -0.4 is 15.0 Å². The van der Waals surface area contributed by atoms with Gasteiger partial charge in [0.2, 0.25) is 5.88 Å². The number of nitrogens with one attached hydrogen (secondary N) is 1. The van der Waals surface area contributed by atoms with Crippen molar-refractivity contribution in [2.45, 2.75) is 6.92 Å². The van der Waals surface area contributed by atoms with Crippen molar-refractivity contribution in [1.29, 1.82) is 0 Å². The molecule has 1 aromatic carbocycles. The van der Waals surface area contributed by atoms with Gasteiger partial charge in [-0.3, -0.25) is 4.79 Å².